The maximum absolute atomic E-state index is 17.0. The highest BCUT2D eigenvalue weighted by Crippen LogP contribution is 2.72. The van der Waals surface area contributed by atoms with Crippen LogP contribution >= 0.6 is 11.8 Å². The Labute approximate surface area is 177 Å². The molecule has 4 fully saturated rings. The van der Waals surface area contributed by atoms with Gasteiger partial charge in [-0.15, -0.1) is 0 Å². The van der Waals surface area contributed by atoms with Crippen molar-refractivity contribution in [2.24, 2.45) is 28.6 Å². The molecule has 8 heteroatoms. The molecule has 1 spiro atoms. The van der Waals surface area contributed by atoms with Crippen LogP contribution in [0.2, 0.25) is 0 Å². The first-order valence-electron chi connectivity index (χ1n) is 10.3. The second-order valence-electron chi connectivity index (χ2n) is 9.97. The lowest BCUT2D eigenvalue weighted by Gasteiger charge is -2.62. The fourth-order valence-electron chi connectivity index (χ4n) is 7.52. The smallest absolute Gasteiger partial charge is 0.376 e. The van der Waals surface area contributed by atoms with E-state index in [4.69, 9.17) is 4.74 Å². The van der Waals surface area contributed by atoms with Crippen LogP contribution in [0.1, 0.15) is 40.0 Å². The fraction of sp³-hybridized carbons (Fsp3) is 0.682. The monoisotopic (exact) mass is 438 g/mol. The van der Waals surface area contributed by atoms with Crippen LogP contribution in [0.3, 0.4) is 0 Å². The zero-order valence-electron chi connectivity index (χ0n) is 17.0. The summed E-state index contributed by atoms with van der Waals surface area (Å²) in [6.07, 6.45) is 0.851. The Morgan fingerprint density at radius 2 is 1.90 bits per heavy atom. The van der Waals surface area contributed by atoms with Gasteiger partial charge in [-0.25, -0.2) is 13.6 Å². The van der Waals surface area contributed by atoms with Crippen molar-refractivity contribution >= 4 is 28.0 Å². The normalized spacial score (nSPS) is 54.5. The molecule has 0 aromatic carbocycles. The molecule has 1 heterocycles. The summed E-state index contributed by atoms with van der Waals surface area (Å²) in [4.78, 5) is 36.8. The van der Waals surface area contributed by atoms with Crippen molar-refractivity contribution in [1.82, 2.24) is 0 Å². The van der Waals surface area contributed by atoms with E-state index in [0.717, 1.165) is 6.08 Å². The minimum absolute atomic E-state index is 0.0658. The van der Waals surface area contributed by atoms with Crippen molar-refractivity contribution in [3.05, 3.63) is 23.8 Å². The number of allylic oxidation sites excluding steroid dienone is 4. The van der Waals surface area contributed by atoms with E-state index in [1.165, 1.54) is 19.1 Å². The highest BCUT2D eigenvalue weighted by Gasteiger charge is 2.79. The molecule has 1 aliphatic heterocycles. The molecular formula is C22H24F2O5S. The number of aliphatic hydroxyl groups excluding tert-OH is 1. The number of ether oxygens (including phenoxy) is 1. The molecule has 0 radical (unpaired) electrons. The van der Waals surface area contributed by atoms with Crippen LogP contribution in [0.15, 0.2) is 23.8 Å². The van der Waals surface area contributed by atoms with Gasteiger partial charge in [-0.1, -0.05) is 19.9 Å². The molecule has 0 aromatic rings. The van der Waals surface area contributed by atoms with Gasteiger partial charge in [0.2, 0.25) is 5.12 Å². The topological polar surface area (TPSA) is 80.7 Å². The van der Waals surface area contributed by atoms with Crippen LogP contribution in [0, 0.1) is 28.6 Å². The van der Waals surface area contributed by atoms with E-state index in [1.807, 2.05) is 0 Å². The summed E-state index contributed by atoms with van der Waals surface area (Å²) in [6.45, 7) is 5.11. The van der Waals surface area contributed by atoms with E-state index < -0.39 is 62.4 Å². The summed E-state index contributed by atoms with van der Waals surface area (Å²) in [6, 6.07) is 0. The number of alkyl halides is 2. The Kier molecular flexibility index (Phi) is 3.95. The minimum atomic E-state index is -2.20. The highest BCUT2D eigenvalue weighted by molar-refractivity contribution is 8.26. The molecule has 1 N–H and O–H groups in total. The third-order valence-corrected chi connectivity index (χ3v) is 9.63. The van der Waals surface area contributed by atoms with Crippen molar-refractivity contribution in [3.63, 3.8) is 0 Å². The van der Waals surface area contributed by atoms with Gasteiger partial charge in [-0.3, -0.25) is 9.59 Å². The van der Waals surface area contributed by atoms with Crippen LogP contribution < -0.4 is 0 Å². The number of rotatable bonds is 0. The molecule has 5 nitrogen and oxygen atoms in total. The van der Waals surface area contributed by atoms with Gasteiger partial charge in [0.15, 0.2) is 17.1 Å². The molecule has 0 amide bonds. The summed E-state index contributed by atoms with van der Waals surface area (Å²) in [5.74, 6) is -2.12. The van der Waals surface area contributed by atoms with Gasteiger partial charge in [0.05, 0.1) is 6.10 Å². The number of hydrogen-bond acceptors (Lipinski definition) is 6. The molecule has 162 valence electrons. The molecule has 0 bridgehead atoms. The Bertz CT molecular complexity index is 948. The SMILES string of the molecule is C[C@@H]1CC2C3C[C@H](F)C4=CC(=O)C=C[C@]4(C)[C@@]3(F)[C@@H](O)C[C@]2(C)C12OC(=O)SC2=O. The second kappa shape index (κ2) is 5.82. The van der Waals surface area contributed by atoms with E-state index in [1.54, 1.807) is 13.8 Å². The molecular weight excluding hydrogens is 414 g/mol. The average Bonchev–Trinajstić information content (AvgIpc) is 3.08. The predicted octanol–water partition coefficient (Wildman–Crippen LogP) is 3.70. The molecule has 30 heavy (non-hydrogen) atoms. The maximum atomic E-state index is 17.0. The molecule has 5 aliphatic rings. The van der Waals surface area contributed by atoms with E-state index in [-0.39, 0.29) is 24.3 Å². The number of fused-ring (bicyclic) bond motifs is 6. The second-order valence-corrected chi connectivity index (χ2v) is 10.9. The summed E-state index contributed by atoms with van der Waals surface area (Å²) in [5, 5.41) is 10.1. The third kappa shape index (κ3) is 2.01. The van der Waals surface area contributed by atoms with Crippen molar-refractivity contribution < 1.29 is 33.0 Å². The number of carbonyl (C=O) groups excluding carboxylic acids is 3. The lowest BCUT2D eigenvalue weighted by atomic mass is 9.44. The zero-order valence-corrected chi connectivity index (χ0v) is 17.8. The van der Waals surface area contributed by atoms with Gasteiger partial charge in [0, 0.05) is 34.4 Å². The van der Waals surface area contributed by atoms with Gasteiger partial charge >= 0.3 is 5.30 Å². The molecule has 5 rings (SSSR count). The first-order chi connectivity index (χ1) is 13.9. The first kappa shape index (κ1) is 20.4. The van der Waals surface area contributed by atoms with Crippen molar-refractivity contribution in [1.29, 1.82) is 0 Å². The van der Waals surface area contributed by atoms with Crippen LogP contribution in [-0.4, -0.2) is 44.9 Å². The highest BCUT2D eigenvalue weighted by atomic mass is 32.2. The number of halogens is 2. The quantitative estimate of drug-likeness (QED) is 0.581. The van der Waals surface area contributed by atoms with E-state index in [0.29, 0.717) is 18.2 Å². The average molecular weight is 438 g/mol. The molecule has 4 aliphatic carbocycles. The first-order valence-corrected chi connectivity index (χ1v) is 11.1. The number of aliphatic hydroxyl groups is 1. The predicted molar refractivity (Wildman–Crippen MR) is 105 cm³/mol. The van der Waals surface area contributed by atoms with Crippen molar-refractivity contribution in [3.8, 4) is 0 Å². The van der Waals surface area contributed by atoms with Crippen molar-refractivity contribution in [2.75, 3.05) is 0 Å². The zero-order chi connectivity index (χ0) is 21.9. The maximum Gasteiger partial charge on any atom is 0.376 e. The number of thioether (sulfide) groups is 1. The van der Waals surface area contributed by atoms with Crippen LogP contribution in [-0.2, 0) is 14.3 Å². The van der Waals surface area contributed by atoms with Gasteiger partial charge in [-0.05, 0) is 49.8 Å². The van der Waals surface area contributed by atoms with Crippen LogP contribution in [0.5, 0.6) is 0 Å². The van der Waals surface area contributed by atoms with E-state index >= 15 is 8.78 Å². The molecule has 3 unspecified atom stereocenters. The summed E-state index contributed by atoms with van der Waals surface area (Å²) >= 11 is 0.515. The molecule has 1 saturated heterocycles. The standard InChI is InChI=1S/C22H24F2O5S/c1-10-6-12-13-8-15(23)14-7-11(25)4-5-19(14,2)21(13,24)16(26)9-20(12,3)22(10)17(27)30-18(28)29-22/h4-5,7,10,12-13,15-16,26H,6,8-9H2,1-3H3/t10-,12?,13?,15+,16+,19+,20+,21+,22?/m1/s1. The number of ketones is 1. The minimum Gasteiger partial charge on any atom is -0.441 e. The third-order valence-electron chi connectivity index (χ3n) is 8.89. The summed E-state index contributed by atoms with van der Waals surface area (Å²) < 4.78 is 37.9. The van der Waals surface area contributed by atoms with Crippen molar-refractivity contribution in [2.45, 2.75) is 63.6 Å². The largest absolute Gasteiger partial charge is 0.441 e. The Balaban J connectivity index is 1.67. The number of hydrogen-bond donors (Lipinski definition) is 1. The van der Waals surface area contributed by atoms with Crippen LogP contribution in [0.4, 0.5) is 13.6 Å². The lowest BCUT2D eigenvalue weighted by molar-refractivity contribution is -0.218. The van der Waals surface area contributed by atoms with Gasteiger partial charge in [0.25, 0.3) is 0 Å². The Morgan fingerprint density at radius 3 is 2.53 bits per heavy atom. The summed E-state index contributed by atoms with van der Waals surface area (Å²) in [5.41, 5.74) is -6.05. The molecule has 3 saturated carbocycles. The molecule has 9 atom stereocenters. The van der Waals surface area contributed by atoms with Gasteiger partial charge in [-0.2, -0.15) is 0 Å². The molecule has 0 aromatic heterocycles. The van der Waals surface area contributed by atoms with E-state index in [2.05, 4.69) is 0 Å². The van der Waals surface area contributed by atoms with Gasteiger partial charge in [0.1, 0.15) is 6.17 Å². The van der Waals surface area contributed by atoms with Crippen LogP contribution in [0.25, 0.3) is 0 Å². The lowest BCUT2D eigenvalue weighted by Crippen LogP contribution is -2.70. The summed E-state index contributed by atoms with van der Waals surface area (Å²) in [7, 11) is 0. The van der Waals surface area contributed by atoms with E-state index in [9.17, 15) is 19.5 Å². The Hall–Kier alpha value is -1.54. The number of carbonyl (C=O) groups is 3. The Morgan fingerprint density at radius 1 is 1.20 bits per heavy atom. The van der Waals surface area contributed by atoms with Gasteiger partial charge < -0.3 is 9.84 Å². The fourth-order valence-corrected chi connectivity index (χ4v) is 8.47.